The highest BCUT2D eigenvalue weighted by Crippen LogP contribution is 2.34. The van der Waals surface area contributed by atoms with Gasteiger partial charge in [-0.15, -0.1) is 0 Å². The van der Waals surface area contributed by atoms with Crippen molar-refractivity contribution >= 4 is 12.4 Å². The van der Waals surface area contributed by atoms with Gasteiger partial charge in [-0.3, -0.25) is 0 Å². The molecule has 0 spiro atoms. The Morgan fingerprint density at radius 2 is 2.13 bits per heavy atom. The lowest BCUT2D eigenvalue weighted by molar-refractivity contribution is -0.109. The summed E-state index contributed by atoms with van der Waals surface area (Å²) in [4.78, 5) is 25.2. The summed E-state index contributed by atoms with van der Waals surface area (Å²) in [5.41, 5.74) is 1.57. The van der Waals surface area contributed by atoms with Crippen LogP contribution in [0.4, 0.5) is 4.79 Å². The van der Waals surface area contributed by atoms with Gasteiger partial charge in [0, 0.05) is 13.0 Å². The highest BCUT2D eigenvalue weighted by atomic mass is 16.6. The van der Waals surface area contributed by atoms with Gasteiger partial charge in [0.15, 0.2) is 0 Å². The van der Waals surface area contributed by atoms with Crippen LogP contribution in [0.5, 0.6) is 5.75 Å². The lowest BCUT2D eigenvalue weighted by Crippen LogP contribution is -2.43. The lowest BCUT2D eigenvalue weighted by Gasteiger charge is -2.37. The molecule has 1 heterocycles. The number of carbonyl (C=O) groups is 2. The van der Waals surface area contributed by atoms with Gasteiger partial charge in [-0.25, -0.2) is 4.79 Å². The second kappa shape index (κ2) is 7.02. The van der Waals surface area contributed by atoms with Gasteiger partial charge in [0.1, 0.15) is 17.6 Å². The van der Waals surface area contributed by atoms with E-state index in [0.29, 0.717) is 13.2 Å². The van der Waals surface area contributed by atoms with Gasteiger partial charge in [-0.2, -0.15) is 0 Å². The van der Waals surface area contributed by atoms with Crippen molar-refractivity contribution in [2.45, 2.75) is 52.2 Å². The number of rotatable bonds is 4. The molecule has 0 aromatic heterocycles. The van der Waals surface area contributed by atoms with Crippen LogP contribution < -0.4 is 4.74 Å². The molecule has 0 radical (unpaired) electrons. The first kappa shape index (κ1) is 17.3. The Balaban J connectivity index is 2.28. The van der Waals surface area contributed by atoms with Crippen molar-refractivity contribution in [1.82, 2.24) is 4.90 Å². The van der Waals surface area contributed by atoms with Gasteiger partial charge in [-0.05, 0) is 57.4 Å². The molecule has 1 aliphatic heterocycles. The zero-order chi connectivity index (χ0) is 17.0. The van der Waals surface area contributed by atoms with E-state index >= 15 is 0 Å². The fourth-order valence-electron chi connectivity index (χ4n) is 2.83. The number of hydrogen-bond acceptors (Lipinski definition) is 4. The Bertz CT molecular complexity index is 577. The largest absolute Gasteiger partial charge is 0.494 e. The summed E-state index contributed by atoms with van der Waals surface area (Å²) in [6.07, 6.45) is 1.47. The Labute approximate surface area is 137 Å². The van der Waals surface area contributed by atoms with Crippen molar-refractivity contribution in [3.8, 4) is 5.75 Å². The van der Waals surface area contributed by atoms with E-state index in [9.17, 15) is 9.59 Å². The summed E-state index contributed by atoms with van der Waals surface area (Å²) < 4.78 is 11.0. The van der Waals surface area contributed by atoms with Crippen LogP contribution in [0.3, 0.4) is 0 Å². The first-order valence-electron chi connectivity index (χ1n) is 8.04. The molecule has 1 aromatic carbocycles. The zero-order valence-electron chi connectivity index (χ0n) is 14.3. The Kier molecular flexibility index (Phi) is 5.29. The monoisotopic (exact) mass is 319 g/mol. The SMILES string of the molecule is CCOc1ccc2c(c1)CCN(C(=O)OC(C)(C)C)[C@H]2CC=O. The minimum absolute atomic E-state index is 0.264. The normalized spacial score (nSPS) is 17.4. The molecule has 0 saturated carbocycles. The number of hydrogen-bond donors (Lipinski definition) is 0. The number of fused-ring (bicyclic) bond motifs is 1. The van der Waals surface area contributed by atoms with Crippen LogP contribution in [0.2, 0.25) is 0 Å². The molecule has 126 valence electrons. The van der Waals surface area contributed by atoms with Crippen molar-refractivity contribution in [1.29, 1.82) is 0 Å². The quantitative estimate of drug-likeness (QED) is 0.797. The first-order valence-corrected chi connectivity index (χ1v) is 8.04. The zero-order valence-corrected chi connectivity index (χ0v) is 14.3. The molecule has 1 atom stereocenters. The standard InChI is InChI=1S/C18H25NO4/c1-5-22-14-6-7-15-13(12-14)8-10-19(16(15)9-11-20)17(21)23-18(2,3)4/h6-7,11-12,16H,5,8-10H2,1-4H3/t16-/m0/s1. The molecule has 0 saturated heterocycles. The number of nitrogens with zero attached hydrogens (tertiary/aromatic N) is 1. The molecule has 0 fully saturated rings. The molecule has 1 aliphatic rings. The van der Waals surface area contributed by atoms with E-state index in [4.69, 9.17) is 9.47 Å². The summed E-state index contributed by atoms with van der Waals surface area (Å²) in [6.45, 7) is 8.61. The third-order valence-corrected chi connectivity index (χ3v) is 3.73. The van der Waals surface area contributed by atoms with E-state index in [-0.39, 0.29) is 18.6 Å². The number of aldehydes is 1. The van der Waals surface area contributed by atoms with Crippen LogP contribution in [-0.4, -0.2) is 36.0 Å². The Morgan fingerprint density at radius 1 is 1.39 bits per heavy atom. The molecular formula is C18H25NO4. The van der Waals surface area contributed by atoms with E-state index in [0.717, 1.165) is 29.6 Å². The minimum Gasteiger partial charge on any atom is -0.494 e. The van der Waals surface area contributed by atoms with E-state index < -0.39 is 5.60 Å². The maximum absolute atomic E-state index is 12.4. The Morgan fingerprint density at radius 3 is 2.74 bits per heavy atom. The van der Waals surface area contributed by atoms with Crippen molar-refractivity contribution in [2.24, 2.45) is 0 Å². The average molecular weight is 319 g/mol. The molecule has 23 heavy (non-hydrogen) atoms. The van der Waals surface area contributed by atoms with Gasteiger partial charge in [-0.1, -0.05) is 6.07 Å². The Hall–Kier alpha value is -2.04. The fourth-order valence-corrected chi connectivity index (χ4v) is 2.83. The summed E-state index contributed by atoms with van der Waals surface area (Å²) in [6, 6.07) is 5.56. The van der Waals surface area contributed by atoms with E-state index in [1.807, 2.05) is 45.9 Å². The van der Waals surface area contributed by atoms with Crippen molar-refractivity contribution in [3.05, 3.63) is 29.3 Å². The molecule has 1 aromatic rings. The van der Waals surface area contributed by atoms with Crippen molar-refractivity contribution in [3.63, 3.8) is 0 Å². The van der Waals surface area contributed by atoms with E-state index in [1.54, 1.807) is 4.90 Å². The molecular weight excluding hydrogens is 294 g/mol. The van der Waals surface area contributed by atoms with E-state index in [2.05, 4.69) is 0 Å². The number of carbonyl (C=O) groups excluding carboxylic acids is 2. The van der Waals surface area contributed by atoms with Crippen LogP contribution in [0.1, 0.15) is 51.3 Å². The van der Waals surface area contributed by atoms with Gasteiger partial charge < -0.3 is 19.2 Å². The average Bonchev–Trinajstić information content (AvgIpc) is 2.46. The van der Waals surface area contributed by atoms with Crippen molar-refractivity contribution in [2.75, 3.05) is 13.2 Å². The van der Waals surface area contributed by atoms with Crippen molar-refractivity contribution < 1.29 is 19.1 Å². The molecule has 5 heteroatoms. The van der Waals surface area contributed by atoms with Crippen LogP contribution in [0.15, 0.2) is 18.2 Å². The second-order valence-corrected chi connectivity index (χ2v) is 6.64. The summed E-state index contributed by atoms with van der Waals surface area (Å²) in [7, 11) is 0. The molecule has 0 N–H and O–H groups in total. The molecule has 5 nitrogen and oxygen atoms in total. The number of benzene rings is 1. The molecule has 2 rings (SSSR count). The third kappa shape index (κ3) is 4.24. The predicted octanol–water partition coefficient (Wildman–Crippen LogP) is 3.51. The highest BCUT2D eigenvalue weighted by Gasteiger charge is 2.33. The topological polar surface area (TPSA) is 55.8 Å². The van der Waals surface area contributed by atoms with Crippen LogP contribution >= 0.6 is 0 Å². The number of amides is 1. The van der Waals surface area contributed by atoms with Gasteiger partial charge in [0.25, 0.3) is 0 Å². The maximum Gasteiger partial charge on any atom is 0.410 e. The van der Waals surface area contributed by atoms with Gasteiger partial charge in [0.05, 0.1) is 12.6 Å². The second-order valence-electron chi connectivity index (χ2n) is 6.64. The minimum atomic E-state index is -0.554. The smallest absolute Gasteiger partial charge is 0.410 e. The van der Waals surface area contributed by atoms with Gasteiger partial charge >= 0.3 is 6.09 Å². The lowest BCUT2D eigenvalue weighted by atomic mass is 9.91. The predicted molar refractivity (Wildman–Crippen MR) is 87.7 cm³/mol. The van der Waals surface area contributed by atoms with Crippen LogP contribution in [0, 0.1) is 0 Å². The van der Waals surface area contributed by atoms with E-state index in [1.165, 1.54) is 0 Å². The maximum atomic E-state index is 12.4. The molecule has 1 amide bonds. The third-order valence-electron chi connectivity index (χ3n) is 3.73. The number of ether oxygens (including phenoxy) is 2. The fraction of sp³-hybridized carbons (Fsp3) is 0.556. The molecule has 0 bridgehead atoms. The highest BCUT2D eigenvalue weighted by molar-refractivity contribution is 5.70. The summed E-state index contributed by atoms with van der Waals surface area (Å²) >= 11 is 0. The first-order chi connectivity index (χ1) is 10.9. The van der Waals surface area contributed by atoms with Crippen LogP contribution in [0.25, 0.3) is 0 Å². The van der Waals surface area contributed by atoms with Gasteiger partial charge in [0.2, 0.25) is 0 Å². The molecule has 0 unspecified atom stereocenters. The summed E-state index contributed by atoms with van der Waals surface area (Å²) in [5, 5.41) is 0. The van der Waals surface area contributed by atoms with Crippen LogP contribution in [-0.2, 0) is 16.0 Å². The molecule has 0 aliphatic carbocycles. The summed E-state index contributed by atoms with van der Waals surface area (Å²) in [5.74, 6) is 0.821.